The fourth-order valence-electron chi connectivity index (χ4n) is 2.57. The van der Waals surface area contributed by atoms with Crippen molar-refractivity contribution in [2.45, 2.75) is 47.2 Å². The van der Waals surface area contributed by atoms with Crippen LogP contribution in [0.25, 0.3) is 0 Å². The average molecular weight is 496 g/mol. The number of nitrogens with one attached hydrogen (secondary N) is 2. The van der Waals surface area contributed by atoms with E-state index in [1.807, 2.05) is 37.3 Å². The molecule has 1 aromatic heterocycles. The average Bonchev–Trinajstić information content (AvgIpc) is 2.65. The molecular formula is C22H33IN4O. The van der Waals surface area contributed by atoms with E-state index in [9.17, 15) is 0 Å². The van der Waals surface area contributed by atoms with Crippen molar-refractivity contribution in [3.63, 3.8) is 0 Å². The number of hydrogen-bond acceptors (Lipinski definition) is 3. The van der Waals surface area contributed by atoms with Crippen LogP contribution in [0.15, 0.2) is 47.5 Å². The van der Waals surface area contributed by atoms with E-state index in [1.165, 1.54) is 5.56 Å². The molecule has 0 saturated carbocycles. The molecule has 0 radical (unpaired) electrons. The maximum atomic E-state index is 5.76. The van der Waals surface area contributed by atoms with Crippen molar-refractivity contribution in [2.24, 2.45) is 10.9 Å². The zero-order chi connectivity index (χ0) is 19.6. The van der Waals surface area contributed by atoms with Crippen LogP contribution in [0.5, 0.6) is 5.75 Å². The Morgan fingerprint density at radius 1 is 1.11 bits per heavy atom. The number of ether oxygens (including phenoxy) is 1. The molecule has 2 aromatic rings. The maximum absolute atomic E-state index is 5.76. The predicted octanol–water partition coefficient (Wildman–Crippen LogP) is 4.86. The number of pyridine rings is 1. The van der Waals surface area contributed by atoms with E-state index in [0.29, 0.717) is 12.5 Å². The second kappa shape index (κ2) is 12.6. The number of aryl methyl sites for hydroxylation is 1. The third-order valence-corrected chi connectivity index (χ3v) is 4.01. The lowest BCUT2D eigenvalue weighted by Gasteiger charge is -2.18. The number of aliphatic imine (C=N–C) groups is 1. The van der Waals surface area contributed by atoms with Crippen LogP contribution in [0.3, 0.4) is 0 Å². The Hall–Kier alpha value is -1.83. The molecule has 6 heteroatoms. The minimum atomic E-state index is 0. The Bertz CT molecular complexity index is 732. The van der Waals surface area contributed by atoms with Gasteiger partial charge >= 0.3 is 0 Å². The van der Waals surface area contributed by atoms with E-state index in [-0.39, 0.29) is 30.0 Å². The summed E-state index contributed by atoms with van der Waals surface area (Å²) in [4.78, 5) is 9.17. The normalized spacial score (nSPS) is 12.3. The summed E-state index contributed by atoms with van der Waals surface area (Å²) < 4.78 is 5.76. The molecule has 1 unspecified atom stereocenters. The first-order valence-electron chi connectivity index (χ1n) is 9.68. The fraction of sp³-hybridized carbons (Fsp3) is 0.455. The molecule has 0 bridgehead atoms. The maximum Gasteiger partial charge on any atom is 0.192 e. The van der Waals surface area contributed by atoms with Crippen LogP contribution in [0, 0.1) is 12.8 Å². The van der Waals surface area contributed by atoms with Crippen molar-refractivity contribution >= 4 is 29.9 Å². The van der Waals surface area contributed by atoms with Crippen LogP contribution in [-0.4, -0.2) is 24.1 Å². The summed E-state index contributed by atoms with van der Waals surface area (Å²) >= 11 is 0. The standard InChI is InChI=1S/C22H32N4O.HI/c1-6-23-22(24-14-20-9-7-8-17(4)25-20)26-18(5)19-10-12-21(13-11-19)27-15-16(2)3;/h7-13,16,18H,6,14-15H2,1-5H3,(H2,23,24,26);1H. The molecule has 28 heavy (non-hydrogen) atoms. The van der Waals surface area contributed by atoms with E-state index >= 15 is 0 Å². The molecule has 0 amide bonds. The molecule has 2 rings (SSSR count). The lowest BCUT2D eigenvalue weighted by Crippen LogP contribution is -2.38. The minimum absolute atomic E-state index is 0. The van der Waals surface area contributed by atoms with Crippen molar-refractivity contribution in [3.8, 4) is 5.75 Å². The van der Waals surface area contributed by atoms with Gasteiger partial charge in [-0.1, -0.05) is 32.0 Å². The lowest BCUT2D eigenvalue weighted by molar-refractivity contribution is 0.271. The highest BCUT2D eigenvalue weighted by molar-refractivity contribution is 14.0. The molecule has 5 nitrogen and oxygen atoms in total. The van der Waals surface area contributed by atoms with Crippen LogP contribution >= 0.6 is 24.0 Å². The summed E-state index contributed by atoms with van der Waals surface area (Å²) in [6, 6.07) is 14.4. The van der Waals surface area contributed by atoms with Gasteiger partial charge in [-0.05, 0) is 56.5 Å². The summed E-state index contributed by atoms with van der Waals surface area (Å²) in [5.41, 5.74) is 3.16. The summed E-state index contributed by atoms with van der Waals surface area (Å²) in [6.07, 6.45) is 0. The number of benzene rings is 1. The van der Waals surface area contributed by atoms with Gasteiger partial charge in [0.1, 0.15) is 5.75 Å². The third kappa shape index (κ3) is 8.46. The van der Waals surface area contributed by atoms with Crippen molar-refractivity contribution in [3.05, 3.63) is 59.4 Å². The van der Waals surface area contributed by atoms with Crippen molar-refractivity contribution < 1.29 is 4.74 Å². The number of nitrogens with zero attached hydrogens (tertiary/aromatic N) is 2. The second-order valence-electron chi connectivity index (χ2n) is 7.11. The van der Waals surface area contributed by atoms with Crippen LogP contribution < -0.4 is 15.4 Å². The third-order valence-electron chi connectivity index (χ3n) is 4.01. The molecule has 1 atom stereocenters. The molecule has 0 aliphatic carbocycles. The van der Waals surface area contributed by atoms with Gasteiger partial charge < -0.3 is 15.4 Å². The fourth-order valence-corrected chi connectivity index (χ4v) is 2.57. The first-order valence-corrected chi connectivity index (χ1v) is 9.68. The molecule has 0 aliphatic heterocycles. The first kappa shape index (κ1) is 24.2. The lowest BCUT2D eigenvalue weighted by atomic mass is 10.1. The van der Waals surface area contributed by atoms with Crippen LogP contribution in [0.2, 0.25) is 0 Å². The SMILES string of the molecule is CCNC(=NCc1cccc(C)n1)NC(C)c1ccc(OCC(C)C)cc1.I. The Morgan fingerprint density at radius 2 is 1.82 bits per heavy atom. The molecule has 0 saturated heterocycles. The Balaban J connectivity index is 0.00000392. The van der Waals surface area contributed by atoms with E-state index in [2.05, 4.69) is 60.4 Å². The molecule has 0 fully saturated rings. The molecule has 2 N–H and O–H groups in total. The van der Waals surface area contributed by atoms with Gasteiger partial charge in [0.2, 0.25) is 0 Å². The largest absolute Gasteiger partial charge is 0.493 e. The van der Waals surface area contributed by atoms with Gasteiger partial charge in [0, 0.05) is 12.2 Å². The highest BCUT2D eigenvalue weighted by Gasteiger charge is 2.08. The molecule has 154 valence electrons. The van der Waals surface area contributed by atoms with E-state index in [0.717, 1.165) is 36.2 Å². The van der Waals surface area contributed by atoms with E-state index in [1.54, 1.807) is 0 Å². The summed E-state index contributed by atoms with van der Waals surface area (Å²) in [5, 5.41) is 6.76. The van der Waals surface area contributed by atoms with Gasteiger partial charge in [-0.15, -0.1) is 24.0 Å². The Morgan fingerprint density at radius 3 is 2.43 bits per heavy atom. The number of rotatable bonds is 8. The van der Waals surface area contributed by atoms with Gasteiger partial charge in [0.15, 0.2) is 5.96 Å². The van der Waals surface area contributed by atoms with E-state index in [4.69, 9.17) is 4.74 Å². The zero-order valence-corrected chi connectivity index (χ0v) is 19.9. The Labute approximate surface area is 186 Å². The highest BCUT2D eigenvalue weighted by Crippen LogP contribution is 2.18. The molecule has 0 aliphatic rings. The quantitative estimate of drug-likeness (QED) is 0.312. The summed E-state index contributed by atoms with van der Waals surface area (Å²) in [7, 11) is 0. The number of guanidine groups is 1. The van der Waals surface area contributed by atoms with Crippen LogP contribution in [0.4, 0.5) is 0 Å². The predicted molar refractivity (Wildman–Crippen MR) is 128 cm³/mol. The van der Waals surface area contributed by atoms with Crippen molar-refractivity contribution in [1.29, 1.82) is 0 Å². The van der Waals surface area contributed by atoms with Gasteiger partial charge in [-0.3, -0.25) is 4.98 Å². The van der Waals surface area contributed by atoms with Crippen LogP contribution in [-0.2, 0) is 6.54 Å². The van der Waals surface area contributed by atoms with Gasteiger partial charge in [-0.2, -0.15) is 0 Å². The second-order valence-corrected chi connectivity index (χ2v) is 7.11. The van der Waals surface area contributed by atoms with Gasteiger partial charge in [0.05, 0.1) is 24.9 Å². The molecular weight excluding hydrogens is 463 g/mol. The van der Waals surface area contributed by atoms with Gasteiger partial charge in [-0.25, -0.2) is 4.99 Å². The molecule has 1 aromatic carbocycles. The topological polar surface area (TPSA) is 58.5 Å². The summed E-state index contributed by atoms with van der Waals surface area (Å²) in [6.45, 7) is 12.6. The van der Waals surface area contributed by atoms with Crippen molar-refractivity contribution in [2.75, 3.05) is 13.2 Å². The monoisotopic (exact) mass is 496 g/mol. The number of aromatic nitrogens is 1. The van der Waals surface area contributed by atoms with E-state index < -0.39 is 0 Å². The summed E-state index contributed by atoms with van der Waals surface area (Å²) in [5.74, 6) is 2.21. The smallest absolute Gasteiger partial charge is 0.192 e. The first-order chi connectivity index (χ1) is 13.0. The molecule has 1 heterocycles. The highest BCUT2D eigenvalue weighted by atomic mass is 127. The molecule has 0 spiro atoms. The Kier molecular flexibility index (Phi) is 10.9. The minimum Gasteiger partial charge on any atom is -0.493 e. The zero-order valence-electron chi connectivity index (χ0n) is 17.5. The number of halogens is 1. The number of hydrogen-bond donors (Lipinski definition) is 2. The van der Waals surface area contributed by atoms with Gasteiger partial charge in [0.25, 0.3) is 0 Å². The van der Waals surface area contributed by atoms with Crippen LogP contribution in [0.1, 0.15) is 50.7 Å². The van der Waals surface area contributed by atoms with Crippen molar-refractivity contribution in [1.82, 2.24) is 15.6 Å².